The summed E-state index contributed by atoms with van der Waals surface area (Å²) < 4.78 is 0. The van der Waals surface area contributed by atoms with Gasteiger partial charge < -0.3 is 0 Å². The predicted molar refractivity (Wildman–Crippen MR) is 37.1 cm³/mol. The Balaban J connectivity index is 2.50. The van der Waals surface area contributed by atoms with Crippen LogP contribution in [0.4, 0.5) is 0 Å². The van der Waals surface area contributed by atoms with Crippen molar-refractivity contribution in [2.75, 3.05) is 0 Å². The van der Waals surface area contributed by atoms with Crippen molar-refractivity contribution in [3.63, 3.8) is 0 Å². The van der Waals surface area contributed by atoms with Gasteiger partial charge in [0.05, 0.1) is 0 Å². The van der Waals surface area contributed by atoms with Gasteiger partial charge in [-0.3, -0.25) is 4.79 Å². The Kier molecular flexibility index (Phi) is 1.70. The van der Waals surface area contributed by atoms with Gasteiger partial charge in [0.1, 0.15) is 0 Å². The van der Waals surface area contributed by atoms with Crippen molar-refractivity contribution < 1.29 is 4.79 Å². The summed E-state index contributed by atoms with van der Waals surface area (Å²) in [5, 5.41) is 0. The number of hydrogen-bond acceptors (Lipinski definition) is 1. The molecule has 0 aromatic carbocycles. The molecule has 0 fully saturated rings. The van der Waals surface area contributed by atoms with Gasteiger partial charge in [0.15, 0.2) is 5.78 Å². The number of carbonyl (C=O) groups is 1. The second-order valence-electron chi connectivity index (χ2n) is 2.94. The molecule has 0 aromatic heterocycles. The molecule has 1 heteroatoms. The average Bonchev–Trinajstić information content (AvgIpc) is 2.14. The van der Waals surface area contributed by atoms with Crippen molar-refractivity contribution in [3.8, 4) is 0 Å². The topological polar surface area (TPSA) is 17.1 Å². The van der Waals surface area contributed by atoms with Crippen LogP contribution in [-0.4, -0.2) is 5.78 Å². The summed E-state index contributed by atoms with van der Waals surface area (Å²) in [5.74, 6) is 1.42. The molecule has 1 rings (SSSR count). The summed E-state index contributed by atoms with van der Waals surface area (Å²) in [4.78, 5) is 10.7. The molecule has 0 N–H and O–H groups in total. The summed E-state index contributed by atoms with van der Waals surface area (Å²) in [7, 11) is 0. The molecule has 50 valence electrons. The highest BCUT2D eigenvalue weighted by Crippen LogP contribution is 2.21. The van der Waals surface area contributed by atoms with Gasteiger partial charge in [0.25, 0.3) is 0 Å². The van der Waals surface area contributed by atoms with Crippen LogP contribution >= 0.6 is 0 Å². The van der Waals surface area contributed by atoms with Crippen molar-refractivity contribution in [2.24, 2.45) is 11.8 Å². The van der Waals surface area contributed by atoms with E-state index >= 15 is 0 Å². The fourth-order valence-corrected chi connectivity index (χ4v) is 1.06. The van der Waals surface area contributed by atoms with Crippen molar-refractivity contribution in [3.05, 3.63) is 12.2 Å². The van der Waals surface area contributed by atoms with Crippen LogP contribution in [0.5, 0.6) is 0 Å². The number of carbonyl (C=O) groups excluding carboxylic acids is 1. The Labute approximate surface area is 55.8 Å². The van der Waals surface area contributed by atoms with Crippen LogP contribution in [0, 0.1) is 11.8 Å². The van der Waals surface area contributed by atoms with Crippen LogP contribution in [0.3, 0.4) is 0 Å². The first kappa shape index (κ1) is 6.53. The van der Waals surface area contributed by atoms with Gasteiger partial charge in [-0.2, -0.15) is 0 Å². The molecule has 0 unspecified atom stereocenters. The van der Waals surface area contributed by atoms with E-state index in [1.807, 2.05) is 6.08 Å². The number of rotatable bonds is 1. The molecule has 0 bridgehead atoms. The maximum Gasteiger partial charge on any atom is 0.155 e. The minimum atomic E-state index is 0.286. The maximum atomic E-state index is 10.7. The molecule has 0 radical (unpaired) electrons. The van der Waals surface area contributed by atoms with E-state index < -0.39 is 0 Å². The van der Waals surface area contributed by atoms with E-state index in [1.54, 1.807) is 6.08 Å². The Morgan fingerprint density at radius 1 is 1.67 bits per heavy atom. The molecule has 9 heavy (non-hydrogen) atoms. The Bertz CT molecular complexity index is 145. The molecule has 0 aromatic rings. The summed E-state index contributed by atoms with van der Waals surface area (Å²) >= 11 is 0. The molecule has 1 aliphatic rings. The third kappa shape index (κ3) is 1.41. The first-order valence-corrected chi connectivity index (χ1v) is 3.41. The van der Waals surface area contributed by atoms with Crippen LogP contribution in [0.2, 0.25) is 0 Å². The highest BCUT2D eigenvalue weighted by molar-refractivity contribution is 5.92. The average molecular weight is 124 g/mol. The number of allylic oxidation sites excluding steroid dienone is 2. The standard InChI is InChI=1S/C8H12O/c1-6(2)7-3-4-8(9)5-7/h3-4,6-7H,5H2,1-2H3/t7-/m0/s1. The molecule has 1 aliphatic carbocycles. The maximum absolute atomic E-state index is 10.7. The van der Waals surface area contributed by atoms with E-state index in [9.17, 15) is 4.79 Å². The molecular weight excluding hydrogens is 112 g/mol. The molecule has 0 saturated heterocycles. The summed E-state index contributed by atoms with van der Waals surface area (Å²) in [6.07, 6.45) is 4.45. The van der Waals surface area contributed by atoms with Crippen LogP contribution in [0.25, 0.3) is 0 Å². The van der Waals surface area contributed by atoms with Gasteiger partial charge in [0.2, 0.25) is 0 Å². The van der Waals surface area contributed by atoms with Gasteiger partial charge in [-0.05, 0) is 17.9 Å². The van der Waals surface area contributed by atoms with Gasteiger partial charge in [-0.15, -0.1) is 0 Å². The van der Waals surface area contributed by atoms with Crippen LogP contribution in [0.1, 0.15) is 20.3 Å². The first-order chi connectivity index (χ1) is 4.20. The Morgan fingerprint density at radius 2 is 2.33 bits per heavy atom. The second kappa shape index (κ2) is 2.34. The van der Waals surface area contributed by atoms with E-state index in [0.29, 0.717) is 11.8 Å². The molecule has 0 spiro atoms. The van der Waals surface area contributed by atoms with E-state index in [0.717, 1.165) is 6.42 Å². The fourth-order valence-electron chi connectivity index (χ4n) is 1.06. The monoisotopic (exact) mass is 124 g/mol. The fraction of sp³-hybridized carbons (Fsp3) is 0.625. The zero-order valence-electron chi connectivity index (χ0n) is 5.92. The quantitative estimate of drug-likeness (QED) is 0.520. The highest BCUT2D eigenvalue weighted by atomic mass is 16.1. The third-order valence-corrected chi connectivity index (χ3v) is 1.82. The molecule has 1 nitrogen and oxygen atoms in total. The van der Waals surface area contributed by atoms with Crippen molar-refractivity contribution in [1.29, 1.82) is 0 Å². The zero-order valence-corrected chi connectivity index (χ0v) is 5.92. The SMILES string of the molecule is CC(C)[C@H]1C=CC(=O)C1. The number of hydrogen-bond donors (Lipinski definition) is 0. The molecule has 1 atom stereocenters. The molecule has 0 aliphatic heterocycles. The lowest BCUT2D eigenvalue weighted by Crippen LogP contribution is -2.03. The summed E-state index contributed by atoms with van der Waals surface area (Å²) in [5.41, 5.74) is 0. The molecule has 0 heterocycles. The molecular formula is C8H12O. The van der Waals surface area contributed by atoms with Gasteiger partial charge >= 0.3 is 0 Å². The Morgan fingerprint density at radius 3 is 2.56 bits per heavy atom. The highest BCUT2D eigenvalue weighted by Gasteiger charge is 2.17. The van der Waals surface area contributed by atoms with Crippen LogP contribution in [-0.2, 0) is 4.79 Å². The normalized spacial score (nSPS) is 26.1. The third-order valence-electron chi connectivity index (χ3n) is 1.82. The minimum absolute atomic E-state index is 0.286. The lowest BCUT2D eigenvalue weighted by Gasteiger charge is -2.08. The smallest absolute Gasteiger partial charge is 0.155 e. The van der Waals surface area contributed by atoms with Crippen LogP contribution < -0.4 is 0 Å². The second-order valence-corrected chi connectivity index (χ2v) is 2.94. The minimum Gasteiger partial charge on any atom is -0.295 e. The lowest BCUT2D eigenvalue weighted by atomic mass is 9.96. The van der Waals surface area contributed by atoms with Gasteiger partial charge in [-0.1, -0.05) is 19.9 Å². The molecule has 0 amide bonds. The van der Waals surface area contributed by atoms with Crippen LogP contribution in [0.15, 0.2) is 12.2 Å². The number of ketones is 1. The van der Waals surface area contributed by atoms with E-state index in [1.165, 1.54) is 0 Å². The largest absolute Gasteiger partial charge is 0.295 e. The van der Waals surface area contributed by atoms with E-state index in [4.69, 9.17) is 0 Å². The lowest BCUT2D eigenvalue weighted by molar-refractivity contribution is -0.114. The zero-order chi connectivity index (χ0) is 6.85. The predicted octanol–water partition coefficient (Wildman–Crippen LogP) is 1.79. The van der Waals surface area contributed by atoms with Gasteiger partial charge in [0, 0.05) is 6.42 Å². The first-order valence-electron chi connectivity index (χ1n) is 3.41. The van der Waals surface area contributed by atoms with Crippen molar-refractivity contribution in [2.45, 2.75) is 20.3 Å². The van der Waals surface area contributed by atoms with E-state index in [2.05, 4.69) is 13.8 Å². The summed E-state index contributed by atoms with van der Waals surface area (Å²) in [6, 6.07) is 0. The summed E-state index contributed by atoms with van der Waals surface area (Å²) in [6.45, 7) is 4.29. The van der Waals surface area contributed by atoms with E-state index in [-0.39, 0.29) is 5.78 Å². The van der Waals surface area contributed by atoms with Crippen molar-refractivity contribution in [1.82, 2.24) is 0 Å². The van der Waals surface area contributed by atoms with Gasteiger partial charge in [-0.25, -0.2) is 0 Å². The molecule has 0 saturated carbocycles. The van der Waals surface area contributed by atoms with Crippen molar-refractivity contribution >= 4 is 5.78 Å². The Hall–Kier alpha value is -0.590.